The van der Waals surface area contributed by atoms with Gasteiger partial charge in [-0.2, -0.15) is 0 Å². The van der Waals surface area contributed by atoms with E-state index < -0.39 is 6.09 Å². The number of aliphatic hydroxyl groups excluding tert-OH is 1. The minimum atomic E-state index is -0.951. The molecule has 2 aromatic rings. The highest BCUT2D eigenvalue weighted by molar-refractivity contribution is 5.69. The summed E-state index contributed by atoms with van der Waals surface area (Å²) in [5, 5.41) is 22.6. The van der Waals surface area contributed by atoms with Crippen LogP contribution >= 0.6 is 0 Å². The summed E-state index contributed by atoms with van der Waals surface area (Å²) in [5.41, 5.74) is 3.59. The van der Waals surface area contributed by atoms with E-state index in [1.807, 2.05) is 18.6 Å². The lowest BCUT2D eigenvalue weighted by Crippen LogP contribution is -2.57. The Bertz CT molecular complexity index is 853. The molecule has 26 heavy (non-hydrogen) atoms. The summed E-state index contributed by atoms with van der Waals surface area (Å²) in [5.74, 6) is 0.190. The van der Waals surface area contributed by atoms with Gasteiger partial charge < -0.3 is 20.1 Å². The normalized spacial score (nSPS) is 34.8. The zero-order valence-corrected chi connectivity index (χ0v) is 14.5. The van der Waals surface area contributed by atoms with Gasteiger partial charge in [-0.05, 0) is 43.1 Å². The second-order valence-corrected chi connectivity index (χ2v) is 8.12. The zero-order chi connectivity index (χ0) is 17.9. The van der Waals surface area contributed by atoms with Gasteiger partial charge in [-0.1, -0.05) is 24.3 Å². The third-order valence-electron chi connectivity index (χ3n) is 6.91. The van der Waals surface area contributed by atoms with E-state index in [2.05, 4.69) is 33.1 Å². The van der Waals surface area contributed by atoms with Gasteiger partial charge in [-0.3, -0.25) is 0 Å². The highest BCUT2D eigenvalue weighted by atomic mass is 16.4. The van der Waals surface area contributed by atoms with Crippen LogP contribution in [0.1, 0.15) is 43.7 Å². The molecule has 0 bridgehead atoms. The number of nitrogens with one attached hydrogen (secondary N) is 1. The lowest BCUT2D eigenvalue weighted by atomic mass is 9.51. The van der Waals surface area contributed by atoms with Crippen LogP contribution in [0.2, 0.25) is 0 Å². The average molecular weight is 353 g/mol. The van der Waals surface area contributed by atoms with Crippen molar-refractivity contribution in [3.8, 4) is 11.3 Å². The molecule has 3 aliphatic rings. The monoisotopic (exact) mass is 353 g/mol. The summed E-state index contributed by atoms with van der Waals surface area (Å²) in [4.78, 5) is 15.2. The second-order valence-electron chi connectivity index (χ2n) is 8.12. The van der Waals surface area contributed by atoms with Crippen LogP contribution in [0.3, 0.4) is 0 Å². The van der Waals surface area contributed by atoms with Gasteiger partial charge in [0.05, 0.1) is 30.4 Å². The standard InChI is InChI=1S/C20H23N3O3/c24-18-15(9-20(18)7-5-12(6-8-20)22-19(25)26)17-14-4-2-1-3-13(14)16-10-21-11-23(16)17/h1-4,10-12,15,17-18,22,24H,5-9H2,(H,25,26)/t12?,15-,17+,18-,20?/m1/s1. The smallest absolute Gasteiger partial charge is 0.404 e. The Labute approximate surface area is 151 Å². The van der Waals surface area contributed by atoms with Crippen LogP contribution in [0.25, 0.3) is 11.3 Å². The number of amides is 1. The first-order valence-corrected chi connectivity index (χ1v) is 9.38. The highest BCUT2D eigenvalue weighted by Crippen LogP contribution is 2.60. The van der Waals surface area contributed by atoms with Gasteiger partial charge in [-0.25, -0.2) is 9.78 Å². The molecule has 0 radical (unpaired) electrons. The molecule has 2 saturated carbocycles. The summed E-state index contributed by atoms with van der Waals surface area (Å²) in [7, 11) is 0. The molecule has 136 valence electrons. The Morgan fingerprint density at radius 3 is 2.77 bits per heavy atom. The molecule has 3 atom stereocenters. The van der Waals surface area contributed by atoms with Crippen LogP contribution in [0.4, 0.5) is 4.79 Å². The molecule has 5 rings (SSSR count). The van der Waals surface area contributed by atoms with Crippen LogP contribution in [-0.2, 0) is 0 Å². The first-order valence-electron chi connectivity index (χ1n) is 9.38. The SMILES string of the molecule is O=C(O)NC1CCC2(CC1)C[C@H]([C@@H]1c3ccccc3-c3cncn31)[C@H]2O. The number of rotatable bonds is 2. The fourth-order valence-corrected chi connectivity index (χ4v) is 5.60. The third kappa shape index (κ3) is 2.14. The minimum absolute atomic E-state index is 0.0248. The van der Waals surface area contributed by atoms with Crippen molar-refractivity contribution in [3.05, 3.63) is 42.4 Å². The number of carboxylic acid groups (broad SMARTS) is 1. The molecular weight excluding hydrogens is 330 g/mol. The first kappa shape index (κ1) is 15.9. The molecular formula is C20H23N3O3. The van der Waals surface area contributed by atoms with Crippen molar-refractivity contribution in [2.24, 2.45) is 11.3 Å². The number of aliphatic hydroxyl groups is 1. The molecule has 2 heterocycles. The molecule has 2 aliphatic carbocycles. The number of hydrogen-bond donors (Lipinski definition) is 3. The zero-order valence-electron chi connectivity index (χ0n) is 14.5. The van der Waals surface area contributed by atoms with Gasteiger partial charge in [0, 0.05) is 17.5 Å². The Hall–Kier alpha value is -2.34. The molecule has 0 saturated heterocycles. The summed E-state index contributed by atoms with van der Waals surface area (Å²) in [6.45, 7) is 0. The van der Waals surface area contributed by atoms with Crippen molar-refractivity contribution in [1.29, 1.82) is 0 Å². The quantitative estimate of drug-likeness (QED) is 0.774. The van der Waals surface area contributed by atoms with Gasteiger partial charge in [0.2, 0.25) is 0 Å². The minimum Gasteiger partial charge on any atom is -0.465 e. The maximum Gasteiger partial charge on any atom is 0.404 e. The molecule has 0 unspecified atom stereocenters. The highest BCUT2D eigenvalue weighted by Gasteiger charge is 2.57. The molecule has 1 amide bonds. The van der Waals surface area contributed by atoms with E-state index in [1.54, 1.807) is 0 Å². The molecule has 6 heteroatoms. The molecule has 6 nitrogen and oxygen atoms in total. The average Bonchev–Trinajstić information content (AvgIpc) is 3.22. The maximum atomic E-state index is 11.1. The van der Waals surface area contributed by atoms with Crippen molar-refractivity contribution < 1.29 is 15.0 Å². The van der Waals surface area contributed by atoms with Crippen LogP contribution in [-0.4, -0.2) is 38.0 Å². The predicted molar refractivity (Wildman–Crippen MR) is 95.8 cm³/mol. The van der Waals surface area contributed by atoms with Gasteiger partial charge in [0.15, 0.2) is 0 Å². The van der Waals surface area contributed by atoms with Crippen molar-refractivity contribution in [2.45, 2.75) is 50.3 Å². The third-order valence-corrected chi connectivity index (χ3v) is 6.91. The molecule has 1 aromatic heterocycles. The van der Waals surface area contributed by atoms with Crippen molar-refractivity contribution in [2.75, 3.05) is 0 Å². The summed E-state index contributed by atoms with van der Waals surface area (Å²) >= 11 is 0. The summed E-state index contributed by atoms with van der Waals surface area (Å²) in [6, 6.07) is 8.59. The van der Waals surface area contributed by atoms with Crippen LogP contribution in [0, 0.1) is 11.3 Å². The Morgan fingerprint density at radius 2 is 2.04 bits per heavy atom. The van der Waals surface area contributed by atoms with Gasteiger partial charge >= 0.3 is 6.09 Å². The van der Waals surface area contributed by atoms with Gasteiger partial charge in [0.25, 0.3) is 0 Å². The summed E-state index contributed by atoms with van der Waals surface area (Å²) in [6.07, 6.45) is 6.88. The molecule has 2 fully saturated rings. The van der Waals surface area contributed by atoms with Crippen molar-refractivity contribution in [3.63, 3.8) is 0 Å². The van der Waals surface area contributed by atoms with Crippen molar-refractivity contribution in [1.82, 2.24) is 14.9 Å². The van der Waals surface area contributed by atoms with E-state index >= 15 is 0 Å². The fraction of sp³-hybridized carbons (Fsp3) is 0.500. The molecule has 1 aromatic carbocycles. The summed E-state index contributed by atoms with van der Waals surface area (Å²) < 4.78 is 2.21. The second kappa shape index (κ2) is 5.58. The topological polar surface area (TPSA) is 87.4 Å². The number of benzene rings is 1. The molecule has 1 spiro atoms. The number of aromatic nitrogens is 2. The van der Waals surface area contributed by atoms with Crippen LogP contribution in [0.5, 0.6) is 0 Å². The van der Waals surface area contributed by atoms with E-state index in [-0.39, 0.29) is 29.5 Å². The number of carbonyl (C=O) groups is 1. The largest absolute Gasteiger partial charge is 0.465 e. The lowest BCUT2D eigenvalue weighted by Gasteiger charge is -2.57. The van der Waals surface area contributed by atoms with Crippen LogP contribution in [0.15, 0.2) is 36.8 Å². The molecule has 1 aliphatic heterocycles. The van der Waals surface area contributed by atoms with Gasteiger partial charge in [-0.15, -0.1) is 0 Å². The first-order chi connectivity index (χ1) is 12.6. The maximum absolute atomic E-state index is 11.1. The van der Waals surface area contributed by atoms with Crippen LogP contribution < -0.4 is 5.32 Å². The number of fused-ring (bicyclic) bond motifs is 3. The van der Waals surface area contributed by atoms with Crippen molar-refractivity contribution >= 4 is 6.09 Å². The molecule has 3 N–H and O–H groups in total. The van der Waals surface area contributed by atoms with E-state index in [0.717, 1.165) is 37.8 Å². The van der Waals surface area contributed by atoms with E-state index in [9.17, 15) is 9.90 Å². The number of nitrogens with zero attached hydrogens (tertiary/aromatic N) is 2. The Kier molecular flexibility index (Phi) is 3.41. The number of imidazole rings is 1. The number of hydrogen-bond acceptors (Lipinski definition) is 3. The van der Waals surface area contributed by atoms with Gasteiger partial charge in [0.1, 0.15) is 0 Å². The fourth-order valence-electron chi connectivity index (χ4n) is 5.60. The lowest BCUT2D eigenvalue weighted by molar-refractivity contribution is -0.152. The predicted octanol–water partition coefficient (Wildman–Crippen LogP) is 3.03. The van der Waals surface area contributed by atoms with E-state index in [1.165, 1.54) is 11.1 Å². The van der Waals surface area contributed by atoms with E-state index in [4.69, 9.17) is 5.11 Å². The Morgan fingerprint density at radius 1 is 1.27 bits per heavy atom. The van der Waals surface area contributed by atoms with E-state index in [0.29, 0.717) is 0 Å². The Balaban J connectivity index is 1.36.